The van der Waals surface area contributed by atoms with Crippen LogP contribution in [0.25, 0.3) is 0 Å². The first kappa shape index (κ1) is 20.8. The van der Waals surface area contributed by atoms with Gasteiger partial charge < -0.3 is 20.1 Å². The van der Waals surface area contributed by atoms with Crippen molar-refractivity contribution in [3.05, 3.63) is 11.6 Å². The smallest absolute Gasteiger partial charge is 0.331 e. The summed E-state index contributed by atoms with van der Waals surface area (Å²) in [6, 6.07) is 0. The lowest BCUT2D eigenvalue weighted by Crippen LogP contribution is -2.69. The summed E-state index contributed by atoms with van der Waals surface area (Å²) in [6.07, 6.45) is 5.92. The summed E-state index contributed by atoms with van der Waals surface area (Å²) in [5.41, 5.74) is -1.85. The second-order valence-corrected chi connectivity index (χ2v) is 11.4. The Hall–Kier alpha value is -1.11. The van der Waals surface area contributed by atoms with Crippen molar-refractivity contribution in [3.63, 3.8) is 0 Å². The number of esters is 1. The third-order valence-electron chi connectivity index (χ3n) is 9.85. The van der Waals surface area contributed by atoms with Crippen molar-refractivity contribution in [2.24, 2.45) is 28.6 Å². The number of rotatable bonds is 2. The number of carbonyl (C=O) groups excluding carboxylic acids is 1. The minimum atomic E-state index is -1.38. The number of fused-ring (bicyclic) bond motifs is 5. The second kappa shape index (κ2) is 6.46. The van der Waals surface area contributed by atoms with Crippen molar-refractivity contribution in [1.82, 2.24) is 0 Å². The number of aliphatic carboxylic acids is 1. The lowest BCUT2D eigenvalue weighted by atomic mass is 9.42. The van der Waals surface area contributed by atoms with Gasteiger partial charge in [-0.25, -0.2) is 4.79 Å². The molecule has 7 heteroatoms. The molecule has 0 amide bonds. The van der Waals surface area contributed by atoms with Crippen molar-refractivity contribution in [2.75, 3.05) is 6.61 Å². The molecule has 5 aliphatic rings. The molecule has 4 aliphatic carbocycles. The van der Waals surface area contributed by atoms with Crippen LogP contribution in [-0.2, 0) is 14.3 Å². The van der Waals surface area contributed by atoms with Crippen molar-refractivity contribution < 1.29 is 29.6 Å². The summed E-state index contributed by atoms with van der Waals surface area (Å²) in [6.45, 7) is 2.53. The zero-order valence-electron chi connectivity index (χ0n) is 17.4. The number of hydrogen-bond acceptors (Lipinski definition) is 5. The van der Waals surface area contributed by atoms with Crippen LogP contribution in [0.15, 0.2) is 11.6 Å². The van der Waals surface area contributed by atoms with E-state index in [0.717, 1.165) is 24.8 Å². The monoisotopic (exact) mass is 438 g/mol. The van der Waals surface area contributed by atoms with Gasteiger partial charge in [-0.05, 0) is 80.1 Å². The van der Waals surface area contributed by atoms with Crippen molar-refractivity contribution in [1.29, 1.82) is 0 Å². The molecule has 1 aliphatic heterocycles. The Kier molecular flexibility index (Phi) is 4.47. The molecule has 0 bridgehead atoms. The fraction of sp³-hybridized carbons (Fsp3) is 0.826. The summed E-state index contributed by atoms with van der Waals surface area (Å²) >= 11 is 7.49. The van der Waals surface area contributed by atoms with Gasteiger partial charge in [-0.15, -0.1) is 11.6 Å². The van der Waals surface area contributed by atoms with Crippen LogP contribution in [0.5, 0.6) is 0 Å². The Morgan fingerprint density at radius 3 is 2.53 bits per heavy atom. The number of cyclic esters (lactones) is 1. The van der Waals surface area contributed by atoms with E-state index in [1.807, 2.05) is 0 Å². The molecule has 4 fully saturated rings. The highest BCUT2D eigenvalue weighted by Gasteiger charge is 2.73. The van der Waals surface area contributed by atoms with Gasteiger partial charge in [-0.1, -0.05) is 6.92 Å². The predicted molar refractivity (Wildman–Crippen MR) is 109 cm³/mol. The van der Waals surface area contributed by atoms with Gasteiger partial charge in [-0.3, -0.25) is 4.79 Å². The Morgan fingerprint density at radius 1 is 1.13 bits per heavy atom. The maximum Gasteiger partial charge on any atom is 0.331 e. The molecule has 6 nitrogen and oxygen atoms in total. The van der Waals surface area contributed by atoms with Gasteiger partial charge in [0.25, 0.3) is 0 Å². The summed E-state index contributed by atoms with van der Waals surface area (Å²) in [5, 5.41) is 32.1. The zero-order valence-corrected chi connectivity index (χ0v) is 18.2. The molecule has 4 saturated carbocycles. The fourth-order valence-corrected chi connectivity index (χ4v) is 9.03. The van der Waals surface area contributed by atoms with Crippen LogP contribution >= 0.6 is 11.6 Å². The van der Waals surface area contributed by atoms with E-state index in [1.165, 1.54) is 0 Å². The van der Waals surface area contributed by atoms with E-state index in [0.29, 0.717) is 38.7 Å². The van der Waals surface area contributed by atoms with E-state index in [-0.39, 0.29) is 35.6 Å². The number of hydrogen-bond donors (Lipinski definition) is 3. The molecule has 0 radical (unpaired) electrons. The average molecular weight is 439 g/mol. The highest BCUT2D eigenvalue weighted by molar-refractivity contribution is 6.25. The van der Waals surface area contributed by atoms with Gasteiger partial charge in [0.2, 0.25) is 0 Å². The maximum atomic E-state index is 12.7. The zero-order chi connectivity index (χ0) is 21.5. The van der Waals surface area contributed by atoms with E-state index < -0.39 is 28.0 Å². The second-order valence-electron chi connectivity index (χ2n) is 10.7. The third kappa shape index (κ3) is 2.39. The Balaban J connectivity index is 1.54. The van der Waals surface area contributed by atoms with E-state index in [4.69, 9.17) is 16.3 Å². The Labute approximate surface area is 181 Å². The van der Waals surface area contributed by atoms with Crippen molar-refractivity contribution in [3.8, 4) is 0 Å². The molecule has 3 N–H and O–H groups in total. The minimum absolute atomic E-state index is 0.00634. The first-order valence-corrected chi connectivity index (χ1v) is 11.7. The first-order chi connectivity index (χ1) is 14.1. The number of ether oxygens (including phenoxy) is 1. The molecule has 30 heavy (non-hydrogen) atoms. The van der Waals surface area contributed by atoms with Crippen LogP contribution < -0.4 is 0 Å². The molecule has 5 rings (SSSR count). The fourth-order valence-electron chi connectivity index (χ4n) is 8.43. The Morgan fingerprint density at radius 2 is 1.87 bits per heavy atom. The number of carbonyl (C=O) groups is 2. The SMILES string of the molecule is C[C@]12CC[C@@H]3[C@H](CC[C@]4(O)C[C@H](O)CC[C@]34C(=O)O)[C@]1(Cl)CC[C@H]2C1=CC(=O)OC1. The number of aliphatic hydroxyl groups excluding tert-OH is 1. The number of aliphatic hydroxyl groups is 2. The molecule has 0 aromatic heterocycles. The van der Waals surface area contributed by atoms with Gasteiger partial charge in [0, 0.05) is 12.5 Å². The molecule has 0 aromatic carbocycles. The molecule has 0 aromatic rings. The molecule has 0 spiro atoms. The van der Waals surface area contributed by atoms with Crippen LogP contribution in [0.4, 0.5) is 0 Å². The standard InChI is InChI=1S/C23H31ClO6/c1-20-6-3-16-17(23(20,24)9-5-15(20)13-10-18(26)30-12-13)4-7-21(29)11-14(25)2-8-22(16,21)19(27)28/h10,14-17,25,29H,2-9,11-12H2,1H3,(H,27,28)/t14-,15+,16-,17+,20-,21+,22-,23-/m1/s1. The van der Waals surface area contributed by atoms with E-state index in [9.17, 15) is 24.9 Å². The van der Waals surface area contributed by atoms with Crippen LogP contribution in [-0.4, -0.2) is 50.4 Å². The summed E-state index contributed by atoms with van der Waals surface area (Å²) in [7, 11) is 0. The minimum Gasteiger partial charge on any atom is -0.481 e. The molecular weight excluding hydrogens is 408 g/mol. The normalized spacial score (nSPS) is 52.7. The number of halogens is 1. The summed E-state index contributed by atoms with van der Waals surface area (Å²) < 4.78 is 5.17. The molecule has 1 heterocycles. The van der Waals surface area contributed by atoms with Gasteiger partial charge in [0.1, 0.15) is 6.61 Å². The number of alkyl halides is 1. The predicted octanol–water partition coefficient (Wildman–Crippen LogP) is 3.03. The van der Waals surface area contributed by atoms with E-state index in [2.05, 4.69) is 6.92 Å². The van der Waals surface area contributed by atoms with Crippen LogP contribution in [0.2, 0.25) is 0 Å². The molecular formula is C23H31ClO6. The van der Waals surface area contributed by atoms with Crippen LogP contribution in [0.3, 0.4) is 0 Å². The van der Waals surface area contributed by atoms with Gasteiger partial charge in [0.15, 0.2) is 0 Å². The molecule has 0 saturated heterocycles. The van der Waals surface area contributed by atoms with Crippen molar-refractivity contribution >= 4 is 23.5 Å². The highest BCUT2D eigenvalue weighted by Crippen LogP contribution is 2.72. The van der Waals surface area contributed by atoms with Gasteiger partial charge in [0.05, 0.1) is 22.0 Å². The molecule has 166 valence electrons. The van der Waals surface area contributed by atoms with E-state index >= 15 is 0 Å². The third-order valence-corrected chi connectivity index (χ3v) is 10.8. The van der Waals surface area contributed by atoms with E-state index in [1.54, 1.807) is 6.08 Å². The lowest BCUT2D eigenvalue weighted by molar-refractivity contribution is -0.232. The number of carboxylic acids is 1. The average Bonchev–Trinajstić information content (AvgIpc) is 3.21. The number of carboxylic acid groups (broad SMARTS) is 1. The lowest BCUT2D eigenvalue weighted by Gasteiger charge is -2.65. The molecule has 8 atom stereocenters. The van der Waals surface area contributed by atoms with Crippen molar-refractivity contribution in [2.45, 2.75) is 81.3 Å². The highest BCUT2D eigenvalue weighted by atomic mass is 35.5. The largest absolute Gasteiger partial charge is 0.481 e. The van der Waals surface area contributed by atoms with Gasteiger partial charge >= 0.3 is 11.9 Å². The van der Waals surface area contributed by atoms with Gasteiger partial charge in [-0.2, -0.15) is 0 Å². The topological polar surface area (TPSA) is 104 Å². The quantitative estimate of drug-likeness (QED) is 0.452. The Bertz CT molecular complexity index is 827. The molecule has 0 unspecified atom stereocenters. The summed E-state index contributed by atoms with van der Waals surface area (Å²) in [4.78, 5) is 23.8. The summed E-state index contributed by atoms with van der Waals surface area (Å²) in [5.74, 6) is -1.28. The van der Waals surface area contributed by atoms with Crippen LogP contribution in [0, 0.1) is 28.6 Å². The first-order valence-electron chi connectivity index (χ1n) is 11.3. The van der Waals surface area contributed by atoms with Crippen LogP contribution in [0.1, 0.15) is 64.7 Å². The maximum absolute atomic E-state index is 12.7.